The van der Waals surface area contributed by atoms with Gasteiger partial charge in [0.1, 0.15) is 0 Å². The molecule has 1 atom stereocenters. The Balaban J connectivity index is 2.01. The van der Waals surface area contributed by atoms with E-state index in [9.17, 15) is 9.90 Å². The van der Waals surface area contributed by atoms with E-state index in [2.05, 4.69) is 19.2 Å². The highest BCUT2D eigenvalue weighted by Gasteiger charge is 2.08. The van der Waals surface area contributed by atoms with Gasteiger partial charge in [-0.3, -0.25) is 4.79 Å². The first-order valence-electron chi connectivity index (χ1n) is 7.74. The van der Waals surface area contributed by atoms with Crippen molar-refractivity contribution in [3.63, 3.8) is 0 Å². The molecule has 1 rings (SSSR count). The third kappa shape index (κ3) is 9.07. The Hall–Kier alpha value is -1.04. The van der Waals surface area contributed by atoms with Gasteiger partial charge in [-0.15, -0.1) is 11.8 Å². The average molecular weight is 325 g/mol. The highest BCUT2D eigenvalue weighted by Crippen LogP contribution is 2.17. The maximum absolute atomic E-state index is 11.6. The van der Waals surface area contributed by atoms with Crippen molar-refractivity contribution in [1.29, 1.82) is 0 Å². The number of aliphatic hydroxyl groups excluding tert-OH is 1. The van der Waals surface area contributed by atoms with Gasteiger partial charge in [0.15, 0.2) is 0 Å². The minimum atomic E-state index is -0.525. The van der Waals surface area contributed by atoms with Crippen LogP contribution in [0.5, 0.6) is 0 Å². The number of hydrogen-bond acceptors (Lipinski definition) is 4. The van der Waals surface area contributed by atoms with Crippen LogP contribution in [0.2, 0.25) is 0 Å². The number of amides is 1. The van der Waals surface area contributed by atoms with Crippen molar-refractivity contribution in [2.24, 2.45) is 5.92 Å². The summed E-state index contributed by atoms with van der Waals surface area (Å²) in [4.78, 5) is 11.6. The number of nitrogens with one attached hydrogen (secondary N) is 1. The Morgan fingerprint density at radius 2 is 2.05 bits per heavy atom. The number of hydrogen-bond donors (Lipinski definition) is 2. The summed E-state index contributed by atoms with van der Waals surface area (Å²) in [6, 6.07) is 9.50. The lowest BCUT2D eigenvalue weighted by Gasteiger charge is -2.11. The number of ether oxygens (including phenoxy) is 1. The molecule has 0 fully saturated rings. The van der Waals surface area contributed by atoms with Gasteiger partial charge in [0, 0.05) is 25.5 Å². The van der Waals surface area contributed by atoms with Gasteiger partial charge in [-0.05, 0) is 17.9 Å². The third-order valence-corrected chi connectivity index (χ3v) is 3.95. The van der Waals surface area contributed by atoms with Crippen LogP contribution in [0, 0.1) is 5.92 Å². The highest BCUT2D eigenvalue weighted by molar-refractivity contribution is 7.99. The van der Waals surface area contributed by atoms with Crippen molar-refractivity contribution < 1.29 is 14.6 Å². The first kappa shape index (κ1) is 19.0. The molecule has 1 amide bonds. The molecule has 1 aromatic carbocycles. The Morgan fingerprint density at radius 3 is 2.73 bits per heavy atom. The molecule has 0 spiro atoms. The van der Waals surface area contributed by atoms with E-state index < -0.39 is 6.10 Å². The standard InChI is InChI=1S/C17H27NO3S/c1-14(2)11-21-10-6-9-18-17(20)13-22-12-16(19)15-7-4-3-5-8-15/h3-5,7-8,14,16,19H,6,9-13H2,1-2H3,(H,18,20). The molecule has 0 aliphatic heterocycles. The summed E-state index contributed by atoms with van der Waals surface area (Å²) in [6.45, 7) is 6.31. The van der Waals surface area contributed by atoms with Gasteiger partial charge in [0.25, 0.3) is 0 Å². The van der Waals surface area contributed by atoms with Crippen LogP contribution in [-0.2, 0) is 9.53 Å². The second-order valence-corrected chi connectivity index (χ2v) is 6.64. The molecule has 22 heavy (non-hydrogen) atoms. The van der Waals surface area contributed by atoms with Crippen molar-refractivity contribution in [3.8, 4) is 0 Å². The van der Waals surface area contributed by atoms with E-state index in [0.29, 0.717) is 30.6 Å². The third-order valence-electron chi connectivity index (χ3n) is 2.93. The van der Waals surface area contributed by atoms with Crippen LogP contribution in [-0.4, -0.2) is 42.3 Å². The van der Waals surface area contributed by atoms with Gasteiger partial charge in [-0.1, -0.05) is 44.2 Å². The molecule has 0 bridgehead atoms. The number of thioether (sulfide) groups is 1. The van der Waals surface area contributed by atoms with E-state index in [4.69, 9.17) is 4.74 Å². The summed E-state index contributed by atoms with van der Waals surface area (Å²) in [5.74, 6) is 1.45. The van der Waals surface area contributed by atoms with Crippen LogP contribution in [0.25, 0.3) is 0 Å². The molecule has 0 saturated heterocycles. The van der Waals surface area contributed by atoms with Gasteiger partial charge in [-0.25, -0.2) is 0 Å². The maximum Gasteiger partial charge on any atom is 0.229 e. The van der Waals surface area contributed by atoms with Crippen LogP contribution in [0.15, 0.2) is 30.3 Å². The quantitative estimate of drug-likeness (QED) is 0.614. The van der Waals surface area contributed by atoms with Gasteiger partial charge >= 0.3 is 0 Å². The van der Waals surface area contributed by atoms with Crippen molar-refractivity contribution in [2.45, 2.75) is 26.4 Å². The monoisotopic (exact) mass is 325 g/mol. The fraction of sp³-hybridized carbons (Fsp3) is 0.588. The lowest BCUT2D eigenvalue weighted by Crippen LogP contribution is -2.27. The second-order valence-electron chi connectivity index (χ2n) is 5.61. The molecular formula is C17H27NO3S. The summed E-state index contributed by atoms with van der Waals surface area (Å²) in [5, 5.41) is 12.8. The van der Waals surface area contributed by atoms with Crippen molar-refractivity contribution in [1.82, 2.24) is 5.32 Å². The molecule has 0 heterocycles. The Kier molecular flexibility index (Phi) is 9.95. The first-order chi connectivity index (χ1) is 10.6. The fourth-order valence-corrected chi connectivity index (χ4v) is 2.63. The fourth-order valence-electron chi connectivity index (χ4n) is 1.81. The zero-order valence-corrected chi connectivity index (χ0v) is 14.3. The Morgan fingerprint density at radius 1 is 1.32 bits per heavy atom. The van der Waals surface area contributed by atoms with Gasteiger partial charge in [-0.2, -0.15) is 0 Å². The number of benzene rings is 1. The molecule has 0 radical (unpaired) electrons. The zero-order valence-electron chi connectivity index (χ0n) is 13.5. The van der Waals surface area contributed by atoms with Crippen molar-refractivity contribution in [3.05, 3.63) is 35.9 Å². The van der Waals surface area contributed by atoms with Crippen LogP contribution in [0.1, 0.15) is 31.9 Å². The lowest BCUT2D eigenvalue weighted by molar-refractivity contribution is -0.118. The Bertz CT molecular complexity index is 412. The predicted octanol–water partition coefficient (Wildman–Crippen LogP) is 2.63. The molecule has 2 N–H and O–H groups in total. The topological polar surface area (TPSA) is 58.6 Å². The van der Waals surface area contributed by atoms with Crippen LogP contribution < -0.4 is 5.32 Å². The lowest BCUT2D eigenvalue weighted by atomic mass is 10.1. The number of aliphatic hydroxyl groups is 1. The first-order valence-corrected chi connectivity index (χ1v) is 8.90. The summed E-state index contributed by atoms with van der Waals surface area (Å²) in [7, 11) is 0. The predicted molar refractivity (Wildman–Crippen MR) is 92.0 cm³/mol. The van der Waals surface area contributed by atoms with E-state index in [1.165, 1.54) is 11.8 Å². The van der Waals surface area contributed by atoms with Crippen LogP contribution >= 0.6 is 11.8 Å². The summed E-state index contributed by atoms with van der Waals surface area (Å²) < 4.78 is 5.45. The van der Waals surface area contributed by atoms with E-state index in [1.807, 2.05) is 30.3 Å². The largest absolute Gasteiger partial charge is 0.388 e. The van der Waals surface area contributed by atoms with E-state index >= 15 is 0 Å². The van der Waals surface area contributed by atoms with Crippen LogP contribution in [0.4, 0.5) is 0 Å². The van der Waals surface area contributed by atoms with Gasteiger partial charge in [0.05, 0.1) is 11.9 Å². The summed E-state index contributed by atoms with van der Waals surface area (Å²) in [6.07, 6.45) is 0.305. The molecule has 0 saturated carbocycles. The molecule has 1 aromatic rings. The van der Waals surface area contributed by atoms with Gasteiger partial charge in [0.2, 0.25) is 5.91 Å². The van der Waals surface area contributed by atoms with Crippen molar-refractivity contribution >= 4 is 17.7 Å². The number of carbonyl (C=O) groups excluding carboxylic acids is 1. The number of carbonyl (C=O) groups is 1. The molecule has 5 heteroatoms. The van der Waals surface area contributed by atoms with E-state index in [-0.39, 0.29) is 5.91 Å². The Labute approximate surface area is 137 Å². The normalized spacial score (nSPS) is 12.4. The van der Waals surface area contributed by atoms with Gasteiger partial charge < -0.3 is 15.2 Å². The SMILES string of the molecule is CC(C)COCCCNC(=O)CSCC(O)c1ccccc1. The second kappa shape index (κ2) is 11.5. The van der Waals surface area contributed by atoms with Crippen LogP contribution in [0.3, 0.4) is 0 Å². The molecule has 0 aromatic heterocycles. The van der Waals surface area contributed by atoms with Crippen molar-refractivity contribution in [2.75, 3.05) is 31.3 Å². The summed E-state index contributed by atoms with van der Waals surface area (Å²) >= 11 is 1.44. The zero-order chi connectivity index (χ0) is 16.2. The smallest absolute Gasteiger partial charge is 0.229 e. The highest BCUT2D eigenvalue weighted by atomic mass is 32.2. The molecule has 0 aliphatic rings. The molecule has 0 aliphatic carbocycles. The molecule has 124 valence electrons. The molecule has 4 nitrogen and oxygen atoms in total. The maximum atomic E-state index is 11.6. The molecule has 1 unspecified atom stereocenters. The number of rotatable bonds is 11. The minimum absolute atomic E-state index is 0.00845. The molecular weight excluding hydrogens is 298 g/mol. The van der Waals surface area contributed by atoms with E-state index in [0.717, 1.165) is 18.6 Å². The minimum Gasteiger partial charge on any atom is -0.388 e. The average Bonchev–Trinajstić information content (AvgIpc) is 2.51. The summed E-state index contributed by atoms with van der Waals surface area (Å²) in [5.41, 5.74) is 0.887. The van der Waals surface area contributed by atoms with E-state index in [1.54, 1.807) is 0 Å².